The molecule has 116 valence electrons. The van der Waals surface area contributed by atoms with Crippen LogP contribution in [0.25, 0.3) is 0 Å². The molecule has 0 bridgehead atoms. The molecule has 0 saturated carbocycles. The second-order valence-electron chi connectivity index (χ2n) is 7.27. The number of nitrogens with zero attached hydrogens (tertiary/aromatic N) is 1. The molecule has 3 aliphatic heterocycles. The minimum atomic E-state index is -0.501. The van der Waals surface area contributed by atoms with E-state index in [0.717, 1.165) is 32.5 Å². The Hall–Kier alpha value is -0.200. The van der Waals surface area contributed by atoms with Crippen molar-refractivity contribution in [1.82, 2.24) is 4.90 Å². The lowest BCUT2D eigenvalue weighted by atomic mass is 9.94. The van der Waals surface area contributed by atoms with Crippen LogP contribution in [-0.4, -0.2) is 60.3 Å². The third-order valence-corrected chi connectivity index (χ3v) is 4.82. The average molecular weight is 284 g/mol. The number of likely N-dealkylation sites (tertiary alicyclic amines) is 1. The fraction of sp³-hybridized carbons (Fsp3) is 1.00. The highest BCUT2D eigenvalue weighted by Gasteiger charge is 2.59. The van der Waals surface area contributed by atoms with Crippen LogP contribution in [0, 0.1) is 0 Å². The van der Waals surface area contributed by atoms with Gasteiger partial charge in [-0.1, -0.05) is 0 Å². The molecule has 0 spiro atoms. The monoisotopic (exact) mass is 284 g/mol. The largest absolute Gasteiger partial charge is 0.365 e. The number of hydrogen-bond acceptors (Lipinski definition) is 5. The van der Waals surface area contributed by atoms with Crippen LogP contribution in [0.3, 0.4) is 0 Å². The number of piperidine rings is 1. The van der Waals surface area contributed by atoms with E-state index in [1.54, 1.807) is 0 Å². The van der Waals surface area contributed by atoms with E-state index in [9.17, 15) is 0 Å². The van der Waals surface area contributed by atoms with Crippen molar-refractivity contribution < 1.29 is 14.2 Å². The van der Waals surface area contributed by atoms with E-state index in [2.05, 4.69) is 18.7 Å². The molecule has 0 aromatic heterocycles. The molecule has 5 heteroatoms. The molecular weight excluding hydrogens is 256 g/mol. The fourth-order valence-electron chi connectivity index (χ4n) is 3.85. The molecule has 0 unspecified atom stereocenters. The summed E-state index contributed by atoms with van der Waals surface area (Å²) in [7, 11) is 0. The number of hydrogen-bond donors (Lipinski definition) is 1. The van der Waals surface area contributed by atoms with E-state index in [0.29, 0.717) is 6.04 Å². The zero-order valence-electron chi connectivity index (χ0n) is 13.1. The predicted octanol–water partition coefficient (Wildman–Crippen LogP) is 1.11. The van der Waals surface area contributed by atoms with Crippen LogP contribution in [0.1, 0.15) is 40.5 Å². The zero-order chi connectivity index (χ0) is 14.5. The Morgan fingerprint density at radius 2 is 1.75 bits per heavy atom. The molecule has 0 aromatic rings. The molecule has 5 nitrogen and oxygen atoms in total. The Morgan fingerprint density at radius 1 is 1.10 bits per heavy atom. The molecule has 0 radical (unpaired) electrons. The van der Waals surface area contributed by atoms with Crippen LogP contribution >= 0.6 is 0 Å². The Balaban J connectivity index is 1.69. The lowest BCUT2D eigenvalue weighted by Crippen LogP contribution is -2.52. The van der Waals surface area contributed by atoms with Gasteiger partial charge in [0.15, 0.2) is 5.79 Å². The SMILES string of the molecule is C[C@@H]1O[C@](C)(CN2CCC(N)CC2)[C@H]2OC(C)(C)O[C@@H]12. The first kappa shape index (κ1) is 14.7. The number of fused-ring (bicyclic) bond motifs is 1. The summed E-state index contributed by atoms with van der Waals surface area (Å²) >= 11 is 0. The van der Waals surface area contributed by atoms with Gasteiger partial charge in [0.1, 0.15) is 17.8 Å². The van der Waals surface area contributed by atoms with Gasteiger partial charge < -0.3 is 24.8 Å². The predicted molar refractivity (Wildman–Crippen MR) is 76.4 cm³/mol. The minimum Gasteiger partial charge on any atom is -0.365 e. The Kier molecular flexibility index (Phi) is 3.62. The van der Waals surface area contributed by atoms with Gasteiger partial charge in [0.2, 0.25) is 0 Å². The van der Waals surface area contributed by atoms with E-state index < -0.39 is 5.79 Å². The molecule has 0 aromatic carbocycles. The van der Waals surface area contributed by atoms with Crippen LogP contribution in [-0.2, 0) is 14.2 Å². The van der Waals surface area contributed by atoms with Gasteiger partial charge in [0.25, 0.3) is 0 Å². The molecule has 0 aliphatic carbocycles. The normalized spacial score (nSPS) is 45.8. The maximum atomic E-state index is 6.22. The first-order chi connectivity index (χ1) is 9.29. The number of rotatable bonds is 2. The molecule has 4 atom stereocenters. The van der Waals surface area contributed by atoms with Gasteiger partial charge in [-0.25, -0.2) is 0 Å². The molecular formula is C15H28N2O3. The van der Waals surface area contributed by atoms with E-state index >= 15 is 0 Å². The first-order valence-corrected chi connectivity index (χ1v) is 7.80. The molecule has 3 rings (SSSR count). The van der Waals surface area contributed by atoms with E-state index in [1.165, 1.54) is 0 Å². The van der Waals surface area contributed by atoms with Gasteiger partial charge in [0, 0.05) is 12.6 Å². The first-order valence-electron chi connectivity index (χ1n) is 7.80. The van der Waals surface area contributed by atoms with Gasteiger partial charge >= 0.3 is 0 Å². The average Bonchev–Trinajstić information content (AvgIpc) is 2.78. The van der Waals surface area contributed by atoms with Crippen molar-refractivity contribution in [2.45, 2.75) is 76.3 Å². The third-order valence-electron chi connectivity index (χ3n) is 4.82. The lowest BCUT2D eigenvalue weighted by Gasteiger charge is -2.38. The molecule has 3 fully saturated rings. The van der Waals surface area contributed by atoms with E-state index in [1.807, 2.05) is 13.8 Å². The van der Waals surface area contributed by atoms with Crippen molar-refractivity contribution in [3.05, 3.63) is 0 Å². The van der Waals surface area contributed by atoms with Crippen molar-refractivity contribution in [2.24, 2.45) is 5.73 Å². The van der Waals surface area contributed by atoms with Crippen molar-refractivity contribution in [3.8, 4) is 0 Å². The fourth-order valence-corrected chi connectivity index (χ4v) is 3.85. The third kappa shape index (κ3) is 2.62. The molecule has 3 saturated heterocycles. The van der Waals surface area contributed by atoms with E-state index in [-0.39, 0.29) is 23.9 Å². The minimum absolute atomic E-state index is 0.0168. The summed E-state index contributed by atoms with van der Waals surface area (Å²) in [5.41, 5.74) is 5.69. The van der Waals surface area contributed by atoms with E-state index in [4.69, 9.17) is 19.9 Å². The Bertz CT molecular complexity index is 368. The van der Waals surface area contributed by atoms with Gasteiger partial charge in [0.05, 0.1) is 6.10 Å². The lowest BCUT2D eigenvalue weighted by molar-refractivity contribution is -0.206. The molecule has 2 N–H and O–H groups in total. The molecule has 0 amide bonds. The van der Waals surface area contributed by atoms with Gasteiger partial charge in [-0.2, -0.15) is 0 Å². The quantitative estimate of drug-likeness (QED) is 0.823. The standard InChI is InChI=1S/C15H28N2O3/c1-10-12-13(20-14(2,3)19-12)15(4,18-10)9-17-7-5-11(16)6-8-17/h10-13H,5-9,16H2,1-4H3/t10-,12-,13-,15+/m0/s1. The summed E-state index contributed by atoms with van der Waals surface area (Å²) < 4.78 is 18.3. The summed E-state index contributed by atoms with van der Waals surface area (Å²) in [5, 5.41) is 0. The van der Waals surface area contributed by atoms with Crippen LogP contribution in [0.4, 0.5) is 0 Å². The second-order valence-corrected chi connectivity index (χ2v) is 7.27. The van der Waals surface area contributed by atoms with Crippen molar-refractivity contribution in [2.75, 3.05) is 19.6 Å². The summed E-state index contributed by atoms with van der Waals surface area (Å²) in [5.74, 6) is -0.501. The van der Waals surface area contributed by atoms with Gasteiger partial charge in [-0.15, -0.1) is 0 Å². The van der Waals surface area contributed by atoms with Crippen LogP contribution < -0.4 is 5.73 Å². The maximum absolute atomic E-state index is 6.22. The highest BCUT2D eigenvalue weighted by atomic mass is 16.8. The Labute approximate surface area is 121 Å². The number of nitrogens with two attached hydrogens (primary N) is 1. The second kappa shape index (κ2) is 4.92. The Morgan fingerprint density at radius 3 is 2.40 bits per heavy atom. The van der Waals surface area contributed by atoms with Crippen LogP contribution in [0.5, 0.6) is 0 Å². The molecule has 20 heavy (non-hydrogen) atoms. The molecule has 3 aliphatic rings. The van der Waals surface area contributed by atoms with Crippen molar-refractivity contribution in [3.63, 3.8) is 0 Å². The van der Waals surface area contributed by atoms with Crippen molar-refractivity contribution in [1.29, 1.82) is 0 Å². The summed E-state index contributed by atoms with van der Waals surface area (Å²) in [4.78, 5) is 2.45. The van der Waals surface area contributed by atoms with Crippen LogP contribution in [0.15, 0.2) is 0 Å². The smallest absolute Gasteiger partial charge is 0.164 e. The van der Waals surface area contributed by atoms with Gasteiger partial charge in [-0.05, 0) is 53.6 Å². The summed E-state index contributed by atoms with van der Waals surface area (Å²) in [6, 6.07) is 0.361. The number of ether oxygens (including phenoxy) is 3. The maximum Gasteiger partial charge on any atom is 0.164 e. The summed E-state index contributed by atoms with van der Waals surface area (Å²) in [6.07, 6.45) is 2.29. The molecule has 3 heterocycles. The van der Waals surface area contributed by atoms with Gasteiger partial charge in [-0.3, -0.25) is 0 Å². The highest BCUT2D eigenvalue weighted by molar-refractivity contribution is 5.05. The topological polar surface area (TPSA) is 57.0 Å². The highest BCUT2D eigenvalue weighted by Crippen LogP contribution is 2.44. The summed E-state index contributed by atoms with van der Waals surface area (Å²) in [6.45, 7) is 11.2. The zero-order valence-corrected chi connectivity index (χ0v) is 13.1. The van der Waals surface area contributed by atoms with Crippen molar-refractivity contribution >= 4 is 0 Å². The van der Waals surface area contributed by atoms with Crippen LogP contribution in [0.2, 0.25) is 0 Å².